The summed E-state index contributed by atoms with van der Waals surface area (Å²) in [5.41, 5.74) is 0.646. The van der Waals surface area contributed by atoms with E-state index >= 15 is 0 Å². The van der Waals surface area contributed by atoms with Crippen LogP contribution in [0.4, 0.5) is 4.79 Å². The van der Waals surface area contributed by atoms with E-state index in [1.807, 2.05) is 0 Å². The first-order valence-corrected chi connectivity index (χ1v) is 6.10. The fourth-order valence-electron chi connectivity index (χ4n) is 2.42. The molecule has 1 amide bonds. The molecule has 96 valence electrons. The minimum Gasteiger partial charge on any atom is -0.465 e. The van der Waals surface area contributed by atoms with Gasteiger partial charge < -0.3 is 10.4 Å². The molecule has 2 rings (SSSR count). The van der Waals surface area contributed by atoms with E-state index in [9.17, 15) is 9.59 Å². The summed E-state index contributed by atoms with van der Waals surface area (Å²) in [6, 6.07) is 3.52. The summed E-state index contributed by atoms with van der Waals surface area (Å²) in [4.78, 5) is 26.6. The van der Waals surface area contributed by atoms with Crippen molar-refractivity contribution in [2.45, 2.75) is 31.7 Å². The quantitative estimate of drug-likeness (QED) is 0.803. The van der Waals surface area contributed by atoms with Gasteiger partial charge in [0.15, 0.2) is 5.78 Å². The van der Waals surface area contributed by atoms with Crippen molar-refractivity contribution in [3.8, 4) is 0 Å². The Morgan fingerprint density at radius 2 is 2.00 bits per heavy atom. The largest absolute Gasteiger partial charge is 0.465 e. The molecular weight excluding hydrogens is 232 g/mol. The van der Waals surface area contributed by atoms with Gasteiger partial charge >= 0.3 is 6.09 Å². The third-order valence-corrected chi connectivity index (χ3v) is 3.37. The maximum absolute atomic E-state index is 12.2. The highest BCUT2D eigenvalue weighted by Crippen LogP contribution is 2.27. The third-order valence-electron chi connectivity index (χ3n) is 3.37. The molecule has 0 bridgehead atoms. The number of carbonyl (C=O) groups is 2. The molecule has 0 unspecified atom stereocenters. The second-order valence-electron chi connectivity index (χ2n) is 4.60. The molecular formula is C13H16N2O3. The predicted molar refractivity (Wildman–Crippen MR) is 65.5 cm³/mol. The zero-order valence-corrected chi connectivity index (χ0v) is 10.0. The van der Waals surface area contributed by atoms with Gasteiger partial charge in [0.05, 0.1) is 0 Å². The Labute approximate surface area is 105 Å². The summed E-state index contributed by atoms with van der Waals surface area (Å²) in [6.45, 7) is 0. The molecule has 1 saturated carbocycles. The number of pyridine rings is 1. The second-order valence-corrected chi connectivity index (χ2v) is 4.60. The zero-order chi connectivity index (χ0) is 13.0. The molecule has 0 atom stereocenters. The van der Waals surface area contributed by atoms with Crippen molar-refractivity contribution < 1.29 is 14.7 Å². The molecule has 1 aromatic rings. The maximum atomic E-state index is 12.2. The first-order chi connectivity index (χ1) is 8.66. The monoisotopic (exact) mass is 248 g/mol. The minimum absolute atomic E-state index is 0.000967. The summed E-state index contributed by atoms with van der Waals surface area (Å²) in [7, 11) is 0. The Kier molecular flexibility index (Phi) is 3.92. The molecule has 1 aromatic heterocycles. The van der Waals surface area contributed by atoms with Crippen LogP contribution in [0.25, 0.3) is 0 Å². The molecule has 0 saturated heterocycles. The first-order valence-electron chi connectivity index (χ1n) is 6.10. The molecule has 0 aliphatic heterocycles. The van der Waals surface area contributed by atoms with Crippen LogP contribution in [0.15, 0.2) is 24.5 Å². The van der Waals surface area contributed by atoms with Crippen LogP contribution in [0.1, 0.15) is 36.0 Å². The van der Waals surface area contributed by atoms with Gasteiger partial charge in [0.1, 0.15) is 0 Å². The van der Waals surface area contributed by atoms with Gasteiger partial charge in [-0.15, -0.1) is 0 Å². The number of aromatic nitrogens is 1. The number of rotatable bonds is 3. The van der Waals surface area contributed by atoms with Gasteiger partial charge in [-0.2, -0.15) is 0 Å². The van der Waals surface area contributed by atoms with Crippen LogP contribution >= 0.6 is 0 Å². The van der Waals surface area contributed by atoms with Crippen LogP contribution in [0.2, 0.25) is 0 Å². The molecule has 0 aromatic carbocycles. The minimum atomic E-state index is -0.989. The van der Waals surface area contributed by atoms with Crippen molar-refractivity contribution >= 4 is 11.9 Å². The smallest absolute Gasteiger partial charge is 0.404 e. The number of carbonyl (C=O) groups excluding carboxylic acids is 1. The van der Waals surface area contributed by atoms with Crippen molar-refractivity contribution in [2.75, 3.05) is 0 Å². The van der Waals surface area contributed by atoms with E-state index in [2.05, 4.69) is 10.3 Å². The van der Waals surface area contributed by atoms with Crippen molar-refractivity contribution in [1.29, 1.82) is 0 Å². The van der Waals surface area contributed by atoms with Gasteiger partial charge in [0, 0.05) is 29.9 Å². The molecule has 1 fully saturated rings. The van der Waals surface area contributed by atoms with E-state index in [1.165, 1.54) is 0 Å². The zero-order valence-electron chi connectivity index (χ0n) is 10.0. The predicted octanol–water partition coefficient (Wildman–Crippen LogP) is 2.09. The number of nitrogens with zero attached hydrogens (tertiary/aromatic N) is 1. The maximum Gasteiger partial charge on any atom is 0.404 e. The highest BCUT2D eigenvalue weighted by Gasteiger charge is 2.27. The number of hydrogen-bond donors (Lipinski definition) is 2. The average Bonchev–Trinajstić information content (AvgIpc) is 2.39. The summed E-state index contributed by atoms with van der Waals surface area (Å²) in [5.74, 6) is 0.123. The van der Waals surface area contributed by atoms with Crippen molar-refractivity contribution in [2.24, 2.45) is 5.92 Å². The average molecular weight is 248 g/mol. The molecule has 5 heteroatoms. The summed E-state index contributed by atoms with van der Waals surface area (Å²) in [6.07, 6.45) is 5.16. The number of hydrogen-bond acceptors (Lipinski definition) is 3. The van der Waals surface area contributed by atoms with Crippen LogP contribution < -0.4 is 5.32 Å². The first kappa shape index (κ1) is 12.5. The van der Waals surface area contributed by atoms with Crippen LogP contribution in [0.5, 0.6) is 0 Å². The summed E-state index contributed by atoms with van der Waals surface area (Å²) >= 11 is 0. The fourth-order valence-corrected chi connectivity index (χ4v) is 2.42. The van der Waals surface area contributed by atoms with Gasteiger partial charge in [-0.1, -0.05) is 0 Å². The van der Waals surface area contributed by atoms with Gasteiger partial charge in [-0.25, -0.2) is 4.79 Å². The van der Waals surface area contributed by atoms with E-state index in [0.717, 1.165) is 25.7 Å². The van der Waals surface area contributed by atoms with Crippen LogP contribution in [0.3, 0.4) is 0 Å². The van der Waals surface area contributed by atoms with Crippen LogP contribution in [-0.2, 0) is 0 Å². The normalized spacial score (nSPS) is 23.3. The number of ketones is 1. The lowest BCUT2D eigenvalue weighted by atomic mass is 9.82. The molecule has 2 N–H and O–H groups in total. The van der Waals surface area contributed by atoms with Gasteiger partial charge in [0.2, 0.25) is 0 Å². The van der Waals surface area contributed by atoms with E-state index in [1.54, 1.807) is 24.5 Å². The molecule has 0 radical (unpaired) electrons. The highest BCUT2D eigenvalue weighted by molar-refractivity contribution is 5.97. The summed E-state index contributed by atoms with van der Waals surface area (Å²) in [5, 5.41) is 11.1. The Morgan fingerprint density at radius 3 is 2.56 bits per heavy atom. The number of nitrogens with one attached hydrogen (secondary N) is 1. The molecule has 1 aliphatic rings. The summed E-state index contributed by atoms with van der Waals surface area (Å²) < 4.78 is 0. The number of Topliss-reactive ketones (excluding diaryl/α,β-unsaturated/α-hetero) is 1. The lowest BCUT2D eigenvalue weighted by Crippen LogP contribution is -2.37. The van der Waals surface area contributed by atoms with E-state index < -0.39 is 6.09 Å². The Morgan fingerprint density at radius 1 is 1.28 bits per heavy atom. The Balaban J connectivity index is 1.90. The Hall–Kier alpha value is -1.91. The third kappa shape index (κ3) is 3.06. The van der Waals surface area contributed by atoms with Crippen LogP contribution in [0, 0.1) is 5.92 Å². The SMILES string of the molecule is O=C(O)NC1CCC(C(=O)c2cccnc2)CC1. The van der Waals surface area contributed by atoms with E-state index in [0.29, 0.717) is 5.56 Å². The van der Waals surface area contributed by atoms with Gasteiger partial charge in [-0.3, -0.25) is 9.78 Å². The lowest BCUT2D eigenvalue weighted by Gasteiger charge is -2.27. The van der Waals surface area contributed by atoms with E-state index in [4.69, 9.17) is 5.11 Å². The molecule has 5 nitrogen and oxygen atoms in total. The molecule has 18 heavy (non-hydrogen) atoms. The number of carboxylic acid groups (broad SMARTS) is 1. The van der Waals surface area contributed by atoms with Gasteiger partial charge in [-0.05, 0) is 37.8 Å². The van der Waals surface area contributed by atoms with Crippen molar-refractivity contribution in [3.63, 3.8) is 0 Å². The standard InChI is InChI=1S/C13H16N2O3/c16-12(10-2-1-7-14-8-10)9-3-5-11(6-4-9)15-13(17)18/h1-2,7-9,11,15H,3-6H2,(H,17,18). The van der Waals surface area contributed by atoms with Crippen LogP contribution in [-0.4, -0.2) is 28.0 Å². The molecule has 1 aliphatic carbocycles. The Bertz CT molecular complexity index is 425. The van der Waals surface area contributed by atoms with Gasteiger partial charge in [0.25, 0.3) is 0 Å². The van der Waals surface area contributed by atoms with Crippen molar-refractivity contribution in [3.05, 3.63) is 30.1 Å². The van der Waals surface area contributed by atoms with E-state index in [-0.39, 0.29) is 17.7 Å². The van der Waals surface area contributed by atoms with Crippen molar-refractivity contribution in [1.82, 2.24) is 10.3 Å². The molecule has 0 spiro atoms. The topological polar surface area (TPSA) is 79.3 Å². The number of amides is 1. The second kappa shape index (κ2) is 5.62. The fraction of sp³-hybridized carbons (Fsp3) is 0.462. The highest BCUT2D eigenvalue weighted by atomic mass is 16.4. The molecule has 1 heterocycles. The lowest BCUT2D eigenvalue weighted by molar-refractivity contribution is 0.0879.